The zero-order chi connectivity index (χ0) is 20.5. The molecule has 0 aliphatic rings. The van der Waals surface area contributed by atoms with Crippen molar-refractivity contribution in [3.8, 4) is 17.1 Å². The third kappa shape index (κ3) is 3.47. The van der Waals surface area contributed by atoms with Gasteiger partial charge in [0.05, 0.1) is 18.5 Å². The molecule has 0 spiro atoms. The van der Waals surface area contributed by atoms with Crippen LogP contribution in [-0.4, -0.2) is 27.8 Å². The number of nitrogens with one attached hydrogen (secondary N) is 2. The molecule has 2 aromatic heterocycles. The minimum absolute atomic E-state index is 0.243. The van der Waals surface area contributed by atoms with Gasteiger partial charge in [0.1, 0.15) is 11.6 Å². The van der Waals surface area contributed by atoms with Crippen molar-refractivity contribution in [3.05, 3.63) is 65.5 Å². The number of aromatic nitrogens is 3. The Labute approximate surface area is 167 Å². The quantitative estimate of drug-likeness (QED) is 0.514. The number of aryl methyl sites for hydroxylation is 2. The van der Waals surface area contributed by atoms with Crippen LogP contribution in [0.25, 0.3) is 22.3 Å². The predicted octanol–water partition coefficient (Wildman–Crippen LogP) is 4.76. The number of amides is 1. The van der Waals surface area contributed by atoms with Crippen molar-refractivity contribution < 1.29 is 13.9 Å². The number of carbonyl (C=O) groups excluding carboxylic acids is 1. The zero-order valence-corrected chi connectivity index (χ0v) is 16.4. The van der Waals surface area contributed by atoms with Crippen LogP contribution in [0.15, 0.2) is 48.5 Å². The Bertz CT molecular complexity index is 1210. The van der Waals surface area contributed by atoms with Gasteiger partial charge in [-0.3, -0.25) is 9.89 Å². The number of hydrogen-bond donors (Lipinski definition) is 2. The fourth-order valence-corrected chi connectivity index (χ4v) is 3.38. The molecule has 0 saturated carbocycles. The second-order valence-electron chi connectivity index (χ2n) is 6.78. The largest absolute Gasteiger partial charge is 0.497 e. The van der Waals surface area contributed by atoms with Crippen LogP contribution in [0.2, 0.25) is 0 Å². The number of aromatic amines is 1. The van der Waals surface area contributed by atoms with Gasteiger partial charge in [-0.25, -0.2) is 4.39 Å². The molecular weight excluding hydrogens is 371 g/mol. The van der Waals surface area contributed by atoms with Crippen LogP contribution >= 0.6 is 0 Å². The van der Waals surface area contributed by atoms with E-state index < -0.39 is 11.7 Å². The first kappa shape index (κ1) is 18.7. The number of nitrogens with zero attached hydrogens (tertiary/aromatic N) is 2. The summed E-state index contributed by atoms with van der Waals surface area (Å²) in [6, 6.07) is 14.1. The summed E-state index contributed by atoms with van der Waals surface area (Å²) in [6.07, 6.45) is 0. The Kier molecular flexibility index (Phi) is 4.80. The average Bonchev–Trinajstić information content (AvgIpc) is 3.33. The highest BCUT2D eigenvalue weighted by Gasteiger charge is 2.15. The van der Waals surface area contributed by atoms with Crippen molar-refractivity contribution in [2.24, 2.45) is 0 Å². The first-order valence-corrected chi connectivity index (χ1v) is 9.30. The highest BCUT2D eigenvalue weighted by atomic mass is 19.1. The van der Waals surface area contributed by atoms with Gasteiger partial charge in [0.25, 0.3) is 5.91 Å². The summed E-state index contributed by atoms with van der Waals surface area (Å²) < 4.78 is 21.2. The number of carbonyl (C=O) groups is 1. The topological polar surface area (TPSA) is 71.9 Å². The second kappa shape index (κ2) is 7.43. The molecule has 0 bridgehead atoms. The zero-order valence-electron chi connectivity index (χ0n) is 16.4. The third-order valence-electron chi connectivity index (χ3n) is 4.95. The molecule has 0 atom stereocenters. The van der Waals surface area contributed by atoms with E-state index in [1.807, 2.05) is 18.2 Å². The molecule has 2 N–H and O–H groups in total. The van der Waals surface area contributed by atoms with E-state index in [0.29, 0.717) is 11.4 Å². The summed E-state index contributed by atoms with van der Waals surface area (Å²) in [5, 5.41) is 10.9. The first-order valence-electron chi connectivity index (χ1n) is 9.30. The SMILES string of the molecule is CCn1c(-c2cc(NC(=O)c3ccc(C)c(F)c3)n[nH]2)cc2cc(OC)ccc21. The van der Waals surface area contributed by atoms with Gasteiger partial charge in [-0.2, -0.15) is 5.10 Å². The molecule has 2 aromatic carbocycles. The monoisotopic (exact) mass is 392 g/mol. The number of rotatable bonds is 5. The van der Waals surface area contributed by atoms with Crippen LogP contribution in [-0.2, 0) is 6.54 Å². The second-order valence-corrected chi connectivity index (χ2v) is 6.78. The first-order chi connectivity index (χ1) is 14.0. The van der Waals surface area contributed by atoms with Crippen LogP contribution in [0.4, 0.5) is 10.2 Å². The van der Waals surface area contributed by atoms with Crippen LogP contribution in [0.5, 0.6) is 5.75 Å². The van der Waals surface area contributed by atoms with Crippen LogP contribution in [0.3, 0.4) is 0 Å². The molecule has 0 unspecified atom stereocenters. The number of benzene rings is 2. The minimum atomic E-state index is -0.414. The van der Waals surface area contributed by atoms with Crippen molar-refractivity contribution in [1.29, 1.82) is 0 Å². The van der Waals surface area contributed by atoms with Gasteiger partial charge in [-0.15, -0.1) is 0 Å². The van der Waals surface area contributed by atoms with E-state index in [0.717, 1.165) is 34.6 Å². The van der Waals surface area contributed by atoms with E-state index in [1.54, 1.807) is 32.2 Å². The number of hydrogen-bond acceptors (Lipinski definition) is 3. The van der Waals surface area contributed by atoms with Gasteiger partial charge < -0.3 is 14.6 Å². The maximum atomic E-state index is 13.7. The van der Waals surface area contributed by atoms with E-state index in [2.05, 4.69) is 33.1 Å². The lowest BCUT2D eigenvalue weighted by Crippen LogP contribution is -2.12. The summed E-state index contributed by atoms with van der Waals surface area (Å²) in [7, 11) is 1.64. The molecule has 1 amide bonds. The number of H-pyrrole nitrogens is 1. The Morgan fingerprint density at radius 1 is 1.21 bits per heavy atom. The number of anilines is 1. The van der Waals surface area contributed by atoms with E-state index in [9.17, 15) is 9.18 Å². The number of fused-ring (bicyclic) bond motifs is 1. The molecule has 7 heteroatoms. The molecule has 0 saturated heterocycles. The van der Waals surface area contributed by atoms with E-state index in [1.165, 1.54) is 6.07 Å². The molecule has 0 aliphatic heterocycles. The van der Waals surface area contributed by atoms with Gasteiger partial charge in [0, 0.05) is 29.1 Å². The van der Waals surface area contributed by atoms with E-state index in [-0.39, 0.29) is 5.56 Å². The fraction of sp³-hybridized carbons (Fsp3) is 0.182. The van der Waals surface area contributed by atoms with Crippen molar-refractivity contribution in [2.75, 3.05) is 12.4 Å². The van der Waals surface area contributed by atoms with Crippen LogP contribution in [0, 0.1) is 12.7 Å². The average molecular weight is 392 g/mol. The summed E-state index contributed by atoms with van der Waals surface area (Å²) in [5.74, 6) is 0.336. The smallest absolute Gasteiger partial charge is 0.256 e. The molecule has 0 radical (unpaired) electrons. The van der Waals surface area contributed by atoms with Crippen LogP contribution in [0.1, 0.15) is 22.8 Å². The number of methoxy groups -OCH3 is 1. The lowest BCUT2D eigenvalue weighted by molar-refractivity contribution is 0.102. The van der Waals surface area contributed by atoms with Crippen molar-refractivity contribution in [2.45, 2.75) is 20.4 Å². The van der Waals surface area contributed by atoms with Crippen molar-refractivity contribution in [1.82, 2.24) is 14.8 Å². The van der Waals surface area contributed by atoms with E-state index in [4.69, 9.17) is 4.74 Å². The van der Waals surface area contributed by atoms with Crippen LogP contribution < -0.4 is 10.1 Å². The Balaban J connectivity index is 1.63. The van der Waals surface area contributed by atoms with Crippen molar-refractivity contribution >= 4 is 22.6 Å². The highest BCUT2D eigenvalue weighted by molar-refractivity contribution is 6.04. The number of ether oxygens (including phenoxy) is 1. The Morgan fingerprint density at radius 3 is 2.76 bits per heavy atom. The van der Waals surface area contributed by atoms with Gasteiger partial charge >= 0.3 is 0 Å². The summed E-state index contributed by atoms with van der Waals surface area (Å²) in [5.41, 5.74) is 3.54. The predicted molar refractivity (Wildman–Crippen MR) is 111 cm³/mol. The number of halogens is 1. The summed E-state index contributed by atoms with van der Waals surface area (Å²) in [4.78, 5) is 12.4. The van der Waals surface area contributed by atoms with Gasteiger partial charge in [0.15, 0.2) is 5.82 Å². The summed E-state index contributed by atoms with van der Waals surface area (Å²) >= 11 is 0. The molecule has 2 heterocycles. The van der Waals surface area contributed by atoms with Gasteiger partial charge in [0.2, 0.25) is 0 Å². The third-order valence-corrected chi connectivity index (χ3v) is 4.95. The maximum Gasteiger partial charge on any atom is 0.256 e. The fourth-order valence-electron chi connectivity index (χ4n) is 3.38. The molecule has 29 heavy (non-hydrogen) atoms. The highest BCUT2D eigenvalue weighted by Crippen LogP contribution is 2.30. The Hall–Kier alpha value is -3.61. The molecule has 0 fully saturated rings. The lowest BCUT2D eigenvalue weighted by Gasteiger charge is -2.06. The minimum Gasteiger partial charge on any atom is -0.497 e. The molecule has 148 valence electrons. The van der Waals surface area contributed by atoms with E-state index >= 15 is 0 Å². The van der Waals surface area contributed by atoms with Gasteiger partial charge in [-0.05, 0) is 55.8 Å². The molecule has 4 aromatic rings. The maximum absolute atomic E-state index is 13.7. The summed E-state index contributed by atoms with van der Waals surface area (Å²) in [6.45, 7) is 4.49. The van der Waals surface area contributed by atoms with Crippen molar-refractivity contribution in [3.63, 3.8) is 0 Å². The molecular formula is C22H21FN4O2. The normalized spacial score (nSPS) is 11.0. The standard InChI is InChI=1S/C22H21FN4O2/c1-4-27-19-8-7-16(29-3)9-15(19)11-20(27)18-12-21(26-25-18)24-22(28)14-6-5-13(2)17(23)10-14/h5-12H,4H2,1-3H3,(H2,24,25,26,28). The molecule has 4 rings (SSSR count). The van der Waals surface area contributed by atoms with Gasteiger partial charge in [-0.1, -0.05) is 6.07 Å². The molecule has 0 aliphatic carbocycles. The molecule has 6 nitrogen and oxygen atoms in total. The Morgan fingerprint density at radius 2 is 2.03 bits per heavy atom. The lowest BCUT2D eigenvalue weighted by atomic mass is 10.1.